The Balaban J connectivity index is 1.99. The van der Waals surface area contributed by atoms with Gasteiger partial charge in [-0.25, -0.2) is 0 Å². The zero-order valence-electron chi connectivity index (χ0n) is 13.9. The average molecular weight is 328 g/mol. The van der Waals surface area contributed by atoms with Crippen LogP contribution in [0.25, 0.3) is 0 Å². The van der Waals surface area contributed by atoms with Crippen molar-refractivity contribution in [2.45, 2.75) is 20.5 Å². The van der Waals surface area contributed by atoms with Crippen molar-refractivity contribution in [2.75, 3.05) is 12.4 Å². The van der Waals surface area contributed by atoms with Gasteiger partial charge in [0.1, 0.15) is 12.4 Å². The smallest absolute Gasteiger partial charge is 0.308 e. The third-order valence-corrected chi connectivity index (χ3v) is 3.28. The molecule has 1 heterocycles. The van der Waals surface area contributed by atoms with Crippen LogP contribution in [0.3, 0.4) is 0 Å². The van der Waals surface area contributed by atoms with E-state index in [4.69, 9.17) is 9.47 Å². The van der Waals surface area contributed by atoms with Gasteiger partial charge in [0.05, 0.1) is 30.0 Å². The maximum absolute atomic E-state index is 12.3. The van der Waals surface area contributed by atoms with Gasteiger partial charge in [-0.2, -0.15) is 0 Å². The highest BCUT2D eigenvalue weighted by atomic mass is 16.5. The fraction of sp³-hybridized carbons (Fsp3) is 0.278. The van der Waals surface area contributed by atoms with E-state index in [1.807, 2.05) is 12.1 Å². The molecular formula is C18H20N2O4. The lowest BCUT2D eigenvalue weighted by atomic mass is 10.2. The number of nitrogens with one attached hydrogen (secondary N) is 1. The van der Waals surface area contributed by atoms with Gasteiger partial charge in [-0.15, -0.1) is 0 Å². The minimum Gasteiger partial charge on any atom is -0.495 e. The van der Waals surface area contributed by atoms with Gasteiger partial charge >= 0.3 is 5.97 Å². The summed E-state index contributed by atoms with van der Waals surface area (Å²) >= 11 is 0. The highest BCUT2D eigenvalue weighted by molar-refractivity contribution is 6.04. The molecule has 0 radical (unpaired) electrons. The number of benzene rings is 1. The molecule has 0 spiro atoms. The van der Waals surface area contributed by atoms with Crippen LogP contribution in [0.4, 0.5) is 5.69 Å². The van der Waals surface area contributed by atoms with E-state index < -0.39 is 0 Å². The number of anilines is 1. The zero-order valence-corrected chi connectivity index (χ0v) is 13.9. The Labute approximate surface area is 140 Å². The molecule has 126 valence electrons. The second-order valence-electron chi connectivity index (χ2n) is 5.46. The monoisotopic (exact) mass is 328 g/mol. The molecule has 2 aromatic rings. The van der Waals surface area contributed by atoms with Crippen LogP contribution >= 0.6 is 0 Å². The molecule has 1 aromatic carbocycles. The van der Waals surface area contributed by atoms with Crippen molar-refractivity contribution in [1.82, 2.24) is 4.98 Å². The topological polar surface area (TPSA) is 77.5 Å². The zero-order chi connectivity index (χ0) is 17.5. The summed E-state index contributed by atoms with van der Waals surface area (Å²) in [6.07, 6.45) is 1.45. The largest absolute Gasteiger partial charge is 0.495 e. The van der Waals surface area contributed by atoms with E-state index in [-0.39, 0.29) is 24.4 Å². The van der Waals surface area contributed by atoms with Crippen LogP contribution in [0.2, 0.25) is 0 Å². The number of hydrogen-bond acceptors (Lipinski definition) is 5. The Bertz CT molecular complexity index is 711. The van der Waals surface area contributed by atoms with E-state index in [0.29, 0.717) is 22.7 Å². The van der Waals surface area contributed by atoms with Crippen LogP contribution in [0, 0.1) is 5.92 Å². The van der Waals surface area contributed by atoms with Crippen LogP contribution in [0.15, 0.2) is 42.6 Å². The molecule has 6 heteroatoms. The summed E-state index contributed by atoms with van der Waals surface area (Å²) in [6, 6.07) is 10.4. The second-order valence-corrected chi connectivity index (χ2v) is 5.46. The number of aromatic nitrogens is 1. The molecule has 0 bridgehead atoms. The number of carbonyl (C=O) groups excluding carboxylic acids is 2. The number of nitrogens with zero attached hydrogens (tertiary/aromatic N) is 1. The molecule has 0 fully saturated rings. The Kier molecular flexibility index (Phi) is 5.89. The first-order valence-corrected chi connectivity index (χ1v) is 7.57. The summed E-state index contributed by atoms with van der Waals surface area (Å²) in [6.45, 7) is 3.62. The fourth-order valence-electron chi connectivity index (χ4n) is 1.90. The summed E-state index contributed by atoms with van der Waals surface area (Å²) in [5.74, 6) is -0.181. The van der Waals surface area contributed by atoms with Gasteiger partial charge in [0.25, 0.3) is 5.91 Å². The van der Waals surface area contributed by atoms with Gasteiger partial charge in [-0.05, 0) is 24.3 Å². The molecule has 0 saturated heterocycles. The van der Waals surface area contributed by atoms with Crippen molar-refractivity contribution in [3.8, 4) is 5.75 Å². The van der Waals surface area contributed by atoms with Crippen LogP contribution in [-0.4, -0.2) is 24.0 Å². The lowest BCUT2D eigenvalue weighted by Gasteiger charge is -2.10. The van der Waals surface area contributed by atoms with Gasteiger partial charge in [0, 0.05) is 6.20 Å². The first kappa shape index (κ1) is 17.5. The van der Waals surface area contributed by atoms with E-state index in [0.717, 1.165) is 0 Å². The molecule has 1 N–H and O–H groups in total. The Morgan fingerprint density at radius 2 is 1.92 bits per heavy atom. The number of para-hydroxylation sites is 2. The SMILES string of the molecule is COc1ccccc1NC(=O)c1ccc(COC(=O)C(C)C)nc1. The number of ether oxygens (including phenoxy) is 2. The number of esters is 1. The number of amides is 1. The van der Waals surface area contributed by atoms with Crippen LogP contribution in [0.1, 0.15) is 29.9 Å². The summed E-state index contributed by atoms with van der Waals surface area (Å²) in [4.78, 5) is 27.8. The lowest BCUT2D eigenvalue weighted by molar-refractivity contribution is -0.148. The quantitative estimate of drug-likeness (QED) is 0.825. The van der Waals surface area contributed by atoms with Crippen molar-refractivity contribution >= 4 is 17.6 Å². The standard InChI is InChI=1S/C18H20N2O4/c1-12(2)18(22)24-11-14-9-8-13(10-19-14)17(21)20-15-6-4-5-7-16(15)23-3/h4-10,12H,11H2,1-3H3,(H,20,21). The maximum Gasteiger partial charge on any atom is 0.308 e. The third kappa shape index (κ3) is 4.55. The summed E-state index contributed by atoms with van der Waals surface area (Å²) in [5, 5.41) is 2.77. The summed E-state index contributed by atoms with van der Waals surface area (Å²) < 4.78 is 10.3. The van der Waals surface area contributed by atoms with Gasteiger partial charge in [0.15, 0.2) is 0 Å². The molecule has 0 aliphatic rings. The van der Waals surface area contributed by atoms with Crippen molar-refractivity contribution < 1.29 is 19.1 Å². The molecule has 2 rings (SSSR count). The van der Waals surface area contributed by atoms with E-state index in [2.05, 4.69) is 10.3 Å². The fourth-order valence-corrected chi connectivity index (χ4v) is 1.90. The van der Waals surface area contributed by atoms with E-state index >= 15 is 0 Å². The minimum absolute atomic E-state index is 0.0887. The van der Waals surface area contributed by atoms with Crippen molar-refractivity contribution in [3.05, 3.63) is 53.9 Å². The van der Waals surface area contributed by atoms with Crippen molar-refractivity contribution in [1.29, 1.82) is 0 Å². The Morgan fingerprint density at radius 3 is 2.54 bits per heavy atom. The number of carbonyl (C=O) groups is 2. The first-order valence-electron chi connectivity index (χ1n) is 7.57. The molecular weight excluding hydrogens is 308 g/mol. The molecule has 0 atom stereocenters. The lowest BCUT2D eigenvalue weighted by Crippen LogP contribution is -2.14. The maximum atomic E-state index is 12.3. The van der Waals surface area contributed by atoms with Crippen molar-refractivity contribution in [2.24, 2.45) is 5.92 Å². The van der Waals surface area contributed by atoms with Crippen molar-refractivity contribution in [3.63, 3.8) is 0 Å². The van der Waals surface area contributed by atoms with Gasteiger partial charge < -0.3 is 14.8 Å². The summed E-state index contributed by atoms with van der Waals surface area (Å²) in [5.41, 5.74) is 1.57. The molecule has 0 unspecified atom stereocenters. The predicted octanol–water partition coefficient (Wildman–Crippen LogP) is 3.04. The first-order chi connectivity index (χ1) is 11.5. The van der Waals surface area contributed by atoms with E-state index in [1.54, 1.807) is 45.2 Å². The highest BCUT2D eigenvalue weighted by Crippen LogP contribution is 2.23. The molecule has 24 heavy (non-hydrogen) atoms. The number of pyridine rings is 1. The van der Waals surface area contributed by atoms with Crippen LogP contribution < -0.4 is 10.1 Å². The number of rotatable bonds is 6. The Hall–Kier alpha value is -2.89. The molecule has 1 aromatic heterocycles. The molecule has 0 aliphatic heterocycles. The molecule has 6 nitrogen and oxygen atoms in total. The van der Waals surface area contributed by atoms with Gasteiger partial charge in [-0.1, -0.05) is 26.0 Å². The predicted molar refractivity (Wildman–Crippen MR) is 89.8 cm³/mol. The van der Waals surface area contributed by atoms with E-state index in [1.165, 1.54) is 6.20 Å². The normalized spacial score (nSPS) is 10.3. The molecule has 1 amide bonds. The average Bonchev–Trinajstić information content (AvgIpc) is 2.60. The van der Waals surface area contributed by atoms with Gasteiger partial charge in [0.2, 0.25) is 0 Å². The second kappa shape index (κ2) is 8.10. The van der Waals surface area contributed by atoms with Crippen LogP contribution in [-0.2, 0) is 16.1 Å². The number of methoxy groups -OCH3 is 1. The summed E-state index contributed by atoms with van der Waals surface area (Å²) in [7, 11) is 1.54. The molecule has 0 aliphatic carbocycles. The van der Waals surface area contributed by atoms with Crippen LogP contribution in [0.5, 0.6) is 5.75 Å². The van der Waals surface area contributed by atoms with Gasteiger partial charge in [-0.3, -0.25) is 14.6 Å². The van der Waals surface area contributed by atoms with E-state index in [9.17, 15) is 9.59 Å². The molecule has 0 saturated carbocycles. The number of hydrogen-bond donors (Lipinski definition) is 1. The highest BCUT2D eigenvalue weighted by Gasteiger charge is 2.11. The third-order valence-electron chi connectivity index (χ3n) is 3.28. The Morgan fingerprint density at radius 1 is 1.17 bits per heavy atom. The minimum atomic E-state index is -0.294.